The second kappa shape index (κ2) is 8.03. The van der Waals surface area contributed by atoms with Gasteiger partial charge >= 0.3 is 5.97 Å². The Labute approximate surface area is 156 Å². The molecule has 1 atom stereocenters. The highest BCUT2D eigenvalue weighted by Gasteiger charge is 2.20. The standard InChI is InChI=1S/C19H22N4O4/c1-3-27-19(26)16-11-21-23(12(16)2)15-7-4-13(5-8-15)18(25)22-14-6-9-17(24)20-10-14/h4-5,7-8,11,14H,3,6,9-10H2,1-2H3,(H,20,24)(H,22,25). The molecular formula is C19H22N4O4. The van der Waals surface area contributed by atoms with Crippen LogP contribution in [0.2, 0.25) is 0 Å². The number of aromatic nitrogens is 2. The van der Waals surface area contributed by atoms with Gasteiger partial charge in [0.15, 0.2) is 0 Å². The molecule has 0 saturated carbocycles. The number of hydrogen-bond donors (Lipinski definition) is 2. The third kappa shape index (κ3) is 4.16. The molecule has 142 valence electrons. The number of amides is 2. The lowest BCUT2D eigenvalue weighted by atomic mass is 10.1. The maximum absolute atomic E-state index is 12.4. The maximum Gasteiger partial charge on any atom is 0.341 e. The molecule has 2 N–H and O–H groups in total. The van der Waals surface area contributed by atoms with E-state index in [1.807, 2.05) is 0 Å². The van der Waals surface area contributed by atoms with Crippen molar-refractivity contribution in [3.8, 4) is 5.69 Å². The fraction of sp³-hybridized carbons (Fsp3) is 0.368. The number of nitrogens with one attached hydrogen (secondary N) is 2. The Bertz CT molecular complexity index is 847. The van der Waals surface area contributed by atoms with Gasteiger partial charge in [-0.05, 0) is 44.5 Å². The normalized spacial score (nSPS) is 16.5. The van der Waals surface area contributed by atoms with Gasteiger partial charge in [0.05, 0.1) is 24.2 Å². The van der Waals surface area contributed by atoms with Crippen molar-refractivity contribution < 1.29 is 19.1 Å². The van der Waals surface area contributed by atoms with E-state index in [9.17, 15) is 14.4 Å². The van der Waals surface area contributed by atoms with Gasteiger partial charge in [-0.25, -0.2) is 9.48 Å². The van der Waals surface area contributed by atoms with Crippen LogP contribution in [-0.2, 0) is 9.53 Å². The molecule has 3 rings (SSSR count). The molecular weight excluding hydrogens is 348 g/mol. The second-order valence-corrected chi connectivity index (χ2v) is 6.34. The summed E-state index contributed by atoms with van der Waals surface area (Å²) in [7, 11) is 0. The molecule has 27 heavy (non-hydrogen) atoms. The molecule has 0 aliphatic carbocycles. The van der Waals surface area contributed by atoms with E-state index in [1.165, 1.54) is 6.20 Å². The van der Waals surface area contributed by atoms with Crippen molar-refractivity contribution in [3.05, 3.63) is 47.3 Å². The molecule has 2 heterocycles. The van der Waals surface area contributed by atoms with Crippen molar-refractivity contribution in [2.24, 2.45) is 0 Å². The highest BCUT2D eigenvalue weighted by atomic mass is 16.5. The Morgan fingerprint density at radius 3 is 2.70 bits per heavy atom. The van der Waals surface area contributed by atoms with Gasteiger partial charge in [0.2, 0.25) is 5.91 Å². The predicted octanol–water partition coefficient (Wildman–Crippen LogP) is 1.37. The van der Waals surface area contributed by atoms with Crippen LogP contribution in [-0.4, -0.2) is 46.8 Å². The molecule has 1 unspecified atom stereocenters. The number of carbonyl (C=O) groups excluding carboxylic acids is 3. The maximum atomic E-state index is 12.4. The summed E-state index contributed by atoms with van der Waals surface area (Å²) in [4.78, 5) is 35.5. The summed E-state index contributed by atoms with van der Waals surface area (Å²) in [6.07, 6.45) is 2.54. The quantitative estimate of drug-likeness (QED) is 0.774. The van der Waals surface area contributed by atoms with Crippen LogP contribution in [0.25, 0.3) is 5.69 Å². The third-order valence-corrected chi connectivity index (χ3v) is 4.48. The van der Waals surface area contributed by atoms with Crippen molar-refractivity contribution in [3.63, 3.8) is 0 Å². The van der Waals surface area contributed by atoms with Crippen LogP contribution in [0.3, 0.4) is 0 Å². The number of nitrogens with zero attached hydrogens (tertiary/aromatic N) is 2. The monoisotopic (exact) mass is 370 g/mol. The third-order valence-electron chi connectivity index (χ3n) is 4.48. The lowest BCUT2D eigenvalue weighted by molar-refractivity contribution is -0.122. The number of esters is 1. The molecule has 1 aliphatic heterocycles. The molecule has 2 aromatic rings. The Kier molecular flexibility index (Phi) is 5.54. The van der Waals surface area contributed by atoms with Gasteiger partial charge in [0.1, 0.15) is 5.56 Å². The van der Waals surface area contributed by atoms with E-state index in [4.69, 9.17) is 4.74 Å². The van der Waals surface area contributed by atoms with E-state index in [0.29, 0.717) is 42.8 Å². The molecule has 0 spiro atoms. The zero-order valence-corrected chi connectivity index (χ0v) is 15.3. The summed E-state index contributed by atoms with van der Waals surface area (Å²) in [5.41, 5.74) is 2.34. The highest BCUT2D eigenvalue weighted by molar-refractivity contribution is 5.94. The summed E-state index contributed by atoms with van der Waals surface area (Å²) < 4.78 is 6.65. The fourth-order valence-electron chi connectivity index (χ4n) is 2.96. The number of piperidine rings is 1. The van der Waals surface area contributed by atoms with Crippen LogP contribution in [0.1, 0.15) is 46.2 Å². The van der Waals surface area contributed by atoms with Gasteiger partial charge < -0.3 is 15.4 Å². The molecule has 8 heteroatoms. The van der Waals surface area contributed by atoms with Gasteiger partial charge in [-0.1, -0.05) is 0 Å². The number of ether oxygens (including phenoxy) is 1. The number of benzene rings is 1. The number of hydrogen-bond acceptors (Lipinski definition) is 5. The van der Waals surface area contributed by atoms with E-state index in [0.717, 1.165) is 5.69 Å². The van der Waals surface area contributed by atoms with Crippen LogP contribution in [0, 0.1) is 6.92 Å². The molecule has 1 fully saturated rings. The lowest BCUT2D eigenvalue weighted by Gasteiger charge is -2.23. The predicted molar refractivity (Wildman–Crippen MR) is 97.8 cm³/mol. The Morgan fingerprint density at radius 1 is 1.33 bits per heavy atom. The SMILES string of the molecule is CCOC(=O)c1cnn(-c2ccc(C(=O)NC3CCC(=O)NC3)cc2)c1C. The van der Waals surface area contributed by atoms with E-state index >= 15 is 0 Å². The van der Waals surface area contributed by atoms with Crippen molar-refractivity contribution in [1.82, 2.24) is 20.4 Å². The zero-order valence-electron chi connectivity index (χ0n) is 15.3. The average molecular weight is 370 g/mol. The number of rotatable bonds is 5. The van der Waals surface area contributed by atoms with Crippen LogP contribution in [0.15, 0.2) is 30.5 Å². The van der Waals surface area contributed by atoms with Crippen LogP contribution in [0.5, 0.6) is 0 Å². The van der Waals surface area contributed by atoms with E-state index in [2.05, 4.69) is 15.7 Å². The minimum Gasteiger partial charge on any atom is -0.462 e. The smallest absolute Gasteiger partial charge is 0.341 e. The van der Waals surface area contributed by atoms with Crippen LogP contribution in [0.4, 0.5) is 0 Å². The summed E-state index contributed by atoms with van der Waals surface area (Å²) in [6, 6.07) is 6.89. The van der Waals surface area contributed by atoms with Gasteiger partial charge in [-0.3, -0.25) is 9.59 Å². The molecule has 1 saturated heterocycles. The first kappa shape index (κ1) is 18.6. The molecule has 8 nitrogen and oxygen atoms in total. The summed E-state index contributed by atoms with van der Waals surface area (Å²) in [5.74, 6) is -0.578. The van der Waals surface area contributed by atoms with Crippen molar-refractivity contribution in [1.29, 1.82) is 0 Å². The first-order valence-corrected chi connectivity index (χ1v) is 8.89. The summed E-state index contributed by atoms with van der Waals surface area (Å²) >= 11 is 0. The van der Waals surface area contributed by atoms with Gasteiger partial charge in [0, 0.05) is 24.6 Å². The van der Waals surface area contributed by atoms with E-state index in [-0.39, 0.29) is 17.9 Å². The molecule has 0 radical (unpaired) electrons. The second-order valence-electron chi connectivity index (χ2n) is 6.34. The number of carbonyl (C=O) groups is 3. The average Bonchev–Trinajstić information content (AvgIpc) is 3.05. The molecule has 1 aromatic heterocycles. The van der Waals surface area contributed by atoms with Gasteiger partial charge in [-0.2, -0.15) is 5.10 Å². The molecule has 2 amide bonds. The topological polar surface area (TPSA) is 102 Å². The Balaban J connectivity index is 1.69. The fourth-order valence-corrected chi connectivity index (χ4v) is 2.96. The summed E-state index contributed by atoms with van der Waals surface area (Å²) in [6.45, 7) is 4.30. The molecule has 1 aliphatic rings. The molecule has 0 bridgehead atoms. The van der Waals surface area contributed by atoms with E-state index in [1.54, 1.807) is 42.8 Å². The van der Waals surface area contributed by atoms with Crippen LogP contribution >= 0.6 is 0 Å². The minimum atomic E-state index is -0.406. The largest absolute Gasteiger partial charge is 0.462 e. The zero-order chi connectivity index (χ0) is 19.4. The Morgan fingerprint density at radius 2 is 2.07 bits per heavy atom. The van der Waals surface area contributed by atoms with Crippen molar-refractivity contribution in [2.75, 3.05) is 13.2 Å². The first-order valence-electron chi connectivity index (χ1n) is 8.89. The van der Waals surface area contributed by atoms with Crippen LogP contribution < -0.4 is 10.6 Å². The highest BCUT2D eigenvalue weighted by Crippen LogP contribution is 2.16. The van der Waals surface area contributed by atoms with Gasteiger partial charge in [-0.15, -0.1) is 0 Å². The summed E-state index contributed by atoms with van der Waals surface area (Å²) in [5, 5.41) is 9.90. The van der Waals surface area contributed by atoms with Gasteiger partial charge in [0.25, 0.3) is 5.91 Å². The van der Waals surface area contributed by atoms with Crippen molar-refractivity contribution >= 4 is 17.8 Å². The minimum absolute atomic E-state index is 0.0154. The first-order chi connectivity index (χ1) is 13.0. The van der Waals surface area contributed by atoms with Crippen molar-refractivity contribution in [2.45, 2.75) is 32.7 Å². The lowest BCUT2D eigenvalue weighted by Crippen LogP contribution is -2.47. The Hall–Kier alpha value is -3.16. The van der Waals surface area contributed by atoms with E-state index < -0.39 is 5.97 Å². The molecule has 1 aromatic carbocycles.